The van der Waals surface area contributed by atoms with Crippen molar-refractivity contribution in [3.05, 3.63) is 91.0 Å². The lowest BCUT2D eigenvalue weighted by Gasteiger charge is -2.46. The highest BCUT2D eigenvalue weighted by atomic mass is 16.7. The lowest BCUT2D eigenvalue weighted by molar-refractivity contribution is -0.322. The number of imidazole rings is 1. The average molecular weight is 759 g/mol. The highest BCUT2D eigenvalue weighted by Crippen LogP contribution is 2.36. The highest BCUT2D eigenvalue weighted by Gasteiger charge is 2.48. The normalized spacial score (nSPS) is 22.6. The molecule has 0 aliphatic carbocycles. The summed E-state index contributed by atoms with van der Waals surface area (Å²) in [5, 5.41) is 27.8. The third-order valence-electron chi connectivity index (χ3n) is 11.7. The third-order valence-corrected chi connectivity index (χ3v) is 11.7. The molecule has 4 heterocycles. The number of nitrogens with zero attached hydrogens (tertiary/aromatic N) is 3. The van der Waals surface area contributed by atoms with E-state index in [0.717, 1.165) is 53.2 Å². The first-order valence-electron chi connectivity index (χ1n) is 21.2. The van der Waals surface area contributed by atoms with Crippen LogP contribution in [0.5, 0.6) is 0 Å². The van der Waals surface area contributed by atoms with Crippen molar-refractivity contribution >= 4 is 38.5 Å². The van der Waals surface area contributed by atoms with Crippen LogP contribution in [0.3, 0.4) is 0 Å². The number of aromatic nitrogens is 3. The Labute approximate surface area is 330 Å². The molecule has 0 spiro atoms. The Kier molecular flexibility index (Phi) is 12.3. The zero-order valence-electron chi connectivity index (χ0n) is 33.0. The largest absolute Gasteiger partial charge is 0.387 e. The van der Waals surface area contributed by atoms with E-state index in [1.165, 1.54) is 86.0 Å². The second-order valence-electron chi connectivity index (χ2n) is 15.8. The molecule has 1 unspecified atom stereocenters. The molecule has 56 heavy (non-hydrogen) atoms. The summed E-state index contributed by atoms with van der Waals surface area (Å²) in [7, 11) is 0. The molecule has 2 fully saturated rings. The lowest BCUT2D eigenvalue weighted by atomic mass is 9.97. The van der Waals surface area contributed by atoms with Crippen LogP contribution in [0.25, 0.3) is 49.9 Å². The number of unbranched alkanes of at least 4 members (excludes halogenated alkanes) is 9. The van der Waals surface area contributed by atoms with Crippen molar-refractivity contribution in [3.63, 3.8) is 0 Å². The van der Waals surface area contributed by atoms with Gasteiger partial charge in [-0.3, -0.25) is 4.57 Å². The summed E-state index contributed by atoms with van der Waals surface area (Å²) in [5.41, 5.74) is 7.26. The van der Waals surface area contributed by atoms with Crippen LogP contribution < -0.4 is 5.32 Å². The SMILES string of the molecule is CCCCCCCCCCCCn1c2ccccc2c2cc(-c3nc4ccccc4n3-c3ccc(N[C@@H]4O[C@@H]5COC(CCC)O[C@H]5[C@H](O)[C@H]4O)cc3)ccc21. The number of nitrogens with one attached hydrogen (secondary N) is 1. The van der Waals surface area contributed by atoms with E-state index in [-0.39, 0.29) is 0 Å². The summed E-state index contributed by atoms with van der Waals surface area (Å²) < 4.78 is 22.7. The fraction of sp³-hybridized carbons (Fsp3) is 0.468. The first kappa shape index (κ1) is 38.6. The van der Waals surface area contributed by atoms with Crippen molar-refractivity contribution in [2.24, 2.45) is 0 Å². The quantitative estimate of drug-likeness (QED) is 0.0796. The number of aliphatic hydroxyl groups is 2. The van der Waals surface area contributed by atoms with Gasteiger partial charge >= 0.3 is 0 Å². The number of aryl methyl sites for hydroxylation is 1. The van der Waals surface area contributed by atoms with Crippen LogP contribution in [0, 0.1) is 0 Å². The maximum absolute atomic E-state index is 11.0. The first-order chi connectivity index (χ1) is 27.5. The van der Waals surface area contributed by atoms with Crippen molar-refractivity contribution in [1.82, 2.24) is 14.1 Å². The topological polar surface area (TPSA) is 103 Å². The number of aliphatic hydroxyl groups excluding tert-OH is 2. The van der Waals surface area contributed by atoms with Crippen molar-refractivity contribution in [3.8, 4) is 17.1 Å². The van der Waals surface area contributed by atoms with Crippen molar-refractivity contribution in [1.29, 1.82) is 0 Å². The minimum Gasteiger partial charge on any atom is -0.387 e. The van der Waals surface area contributed by atoms with Crippen LogP contribution >= 0.6 is 0 Å². The van der Waals surface area contributed by atoms with Crippen LogP contribution in [-0.2, 0) is 20.8 Å². The summed E-state index contributed by atoms with van der Waals surface area (Å²) in [6, 6.07) is 31.9. The van der Waals surface area contributed by atoms with E-state index in [2.05, 4.69) is 82.9 Å². The smallest absolute Gasteiger partial charge is 0.158 e. The Morgan fingerprint density at radius 2 is 1.39 bits per heavy atom. The molecule has 2 aromatic heterocycles. The van der Waals surface area contributed by atoms with E-state index in [9.17, 15) is 10.2 Å². The molecule has 0 bridgehead atoms. The fourth-order valence-corrected chi connectivity index (χ4v) is 8.71. The van der Waals surface area contributed by atoms with Gasteiger partial charge < -0.3 is 34.3 Å². The van der Waals surface area contributed by atoms with Crippen molar-refractivity contribution in [2.45, 2.75) is 134 Å². The zero-order valence-corrected chi connectivity index (χ0v) is 33.0. The molecule has 6 atom stereocenters. The Balaban J connectivity index is 1.01. The number of hydrogen-bond donors (Lipinski definition) is 3. The number of hydrogen-bond acceptors (Lipinski definition) is 7. The van der Waals surface area contributed by atoms with Gasteiger partial charge in [0.2, 0.25) is 0 Å². The van der Waals surface area contributed by atoms with Gasteiger partial charge in [0, 0.05) is 45.3 Å². The maximum atomic E-state index is 11.0. The molecule has 4 aromatic carbocycles. The summed E-state index contributed by atoms with van der Waals surface area (Å²) in [6.07, 6.45) is 10.3. The molecule has 6 aromatic rings. The Hall–Kier alpha value is -4.25. The average Bonchev–Trinajstić information content (AvgIpc) is 3.77. The number of rotatable bonds is 17. The first-order valence-corrected chi connectivity index (χ1v) is 21.2. The molecule has 2 saturated heterocycles. The minimum absolute atomic E-state index is 0.304. The summed E-state index contributed by atoms with van der Waals surface area (Å²) in [4.78, 5) is 5.18. The molecular weight excluding hydrogens is 701 g/mol. The third kappa shape index (κ3) is 8.11. The lowest BCUT2D eigenvalue weighted by Crippen LogP contribution is -2.64. The van der Waals surface area contributed by atoms with Gasteiger partial charge in [-0.2, -0.15) is 0 Å². The van der Waals surface area contributed by atoms with Crippen LogP contribution in [0.4, 0.5) is 5.69 Å². The predicted octanol–water partition coefficient (Wildman–Crippen LogP) is 10.1. The number of fused-ring (bicyclic) bond motifs is 5. The number of anilines is 1. The number of para-hydroxylation sites is 3. The Morgan fingerprint density at radius 1 is 0.696 bits per heavy atom. The highest BCUT2D eigenvalue weighted by molar-refractivity contribution is 6.09. The molecule has 9 heteroatoms. The maximum Gasteiger partial charge on any atom is 0.158 e. The van der Waals surface area contributed by atoms with Gasteiger partial charge in [0.05, 0.1) is 17.6 Å². The van der Waals surface area contributed by atoms with Crippen LogP contribution in [0.2, 0.25) is 0 Å². The van der Waals surface area contributed by atoms with Gasteiger partial charge in [0.1, 0.15) is 30.2 Å². The van der Waals surface area contributed by atoms with Crippen molar-refractivity contribution in [2.75, 3.05) is 11.9 Å². The fourth-order valence-electron chi connectivity index (χ4n) is 8.71. The van der Waals surface area contributed by atoms with Gasteiger partial charge in [0.25, 0.3) is 0 Å². The monoisotopic (exact) mass is 758 g/mol. The van der Waals surface area contributed by atoms with Crippen LogP contribution in [-0.4, -0.2) is 67.9 Å². The van der Waals surface area contributed by atoms with E-state index >= 15 is 0 Å². The second kappa shape index (κ2) is 17.9. The minimum atomic E-state index is -1.17. The van der Waals surface area contributed by atoms with Crippen molar-refractivity contribution < 1.29 is 24.4 Å². The second-order valence-corrected chi connectivity index (χ2v) is 15.8. The Bertz CT molecular complexity index is 2190. The molecule has 9 nitrogen and oxygen atoms in total. The van der Waals surface area contributed by atoms with Gasteiger partial charge in [-0.1, -0.05) is 108 Å². The van der Waals surface area contributed by atoms with Crippen LogP contribution in [0.15, 0.2) is 91.0 Å². The van der Waals surface area contributed by atoms with Gasteiger partial charge in [-0.05, 0) is 73.5 Å². The molecule has 0 saturated carbocycles. The number of benzene rings is 4. The van der Waals surface area contributed by atoms with Crippen LogP contribution in [0.1, 0.15) is 90.9 Å². The predicted molar refractivity (Wildman–Crippen MR) is 225 cm³/mol. The molecule has 2 aliphatic rings. The molecule has 296 valence electrons. The molecule has 3 N–H and O–H groups in total. The number of ether oxygens (including phenoxy) is 3. The molecule has 0 amide bonds. The molecule has 2 aliphatic heterocycles. The van der Waals surface area contributed by atoms with Gasteiger partial charge in [0.15, 0.2) is 12.5 Å². The van der Waals surface area contributed by atoms with E-state index < -0.39 is 36.9 Å². The molecule has 0 radical (unpaired) electrons. The zero-order chi connectivity index (χ0) is 38.4. The van der Waals surface area contributed by atoms with Gasteiger partial charge in [-0.15, -0.1) is 0 Å². The summed E-state index contributed by atoms with van der Waals surface area (Å²) in [6.45, 7) is 5.66. The van der Waals surface area contributed by atoms with E-state index in [1.807, 2.05) is 36.4 Å². The summed E-state index contributed by atoms with van der Waals surface area (Å²) >= 11 is 0. The molecular formula is C47H58N4O5. The van der Waals surface area contributed by atoms with E-state index in [0.29, 0.717) is 6.61 Å². The van der Waals surface area contributed by atoms with E-state index in [4.69, 9.17) is 19.2 Å². The molecule has 8 rings (SSSR count). The standard InChI is InChI=1S/C47H58N4O5/c1-3-5-6-7-8-9-10-11-12-17-29-50-38-21-15-13-19-35(38)36-30-32(23-28-39(36)50)46-49-37-20-14-16-22-40(37)51(46)34-26-24-33(25-27-34)48-47-44(53)43(52)45-41(55-47)31-54-42(56-45)18-4-2/h13-16,19-28,30,41-45,47-48,52-53H,3-12,17-18,29,31H2,1-2H3/t41-,42?,43-,44-,45-,47-/m1/s1. The Morgan fingerprint density at radius 3 is 2.16 bits per heavy atom. The van der Waals surface area contributed by atoms with Gasteiger partial charge in [-0.25, -0.2) is 4.98 Å². The summed E-state index contributed by atoms with van der Waals surface area (Å²) in [5.74, 6) is 0.874. The van der Waals surface area contributed by atoms with E-state index in [1.54, 1.807) is 0 Å².